The Labute approximate surface area is 256 Å². The Hall–Kier alpha value is -3.22. The van der Waals surface area contributed by atoms with Crippen LogP contribution in [0.1, 0.15) is 49.9 Å². The van der Waals surface area contributed by atoms with Gasteiger partial charge in [0.25, 0.3) is 0 Å². The molecule has 2 aliphatic heterocycles. The lowest BCUT2D eigenvalue weighted by atomic mass is 9.69. The molecule has 0 saturated carbocycles. The van der Waals surface area contributed by atoms with Gasteiger partial charge in [0.2, 0.25) is 0 Å². The van der Waals surface area contributed by atoms with Gasteiger partial charge in [-0.25, -0.2) is 0 Å². The van der Waals surface area contributed by atoms with E-state index in [0.717, 1.165) is 5.46 Å². The van der Waals surface area contributed by atoms with Crippen molar-refractivity contribution in [2.45, 2.75) is 63.9 Å². The highest BCUT2D eigenvalue weighted by Gasteiger charge is 2.56. The summed E-state index contributed by atoms with van der Waals surface area (Å²) >= 11 is 3.81. The van der Waals surface area contributed by atoms with Crippen LogP contribution in [0.25, 0.3) is 22.3 Å². The van der Waals surface area contributed by atoms with E-state index in [4.69, 9.17) is 9.31 Å². The van der Waals surface area contributed by atoms with Crippen molar-refractivity contribution in [3.63, 3.8) is 0 Å². The molecule has 2 heterocycles. The lowest BCUT2D eigenvalue weighted by Gasteiger charge is -2.32. The molecule has 2 nitrogen and oxygen atoms in total. The largest absolute Gasteiger partial charge is 0.495 e. The van der Waals surface area contributed by atoms with E-state index in [1.54, 1.807) is 0 Å². The molecule has 4 aliphatic rings. The zero-order valence-corrected chi connectivity index (χ0v) is 25.7. The molecule has 0 radical (unpaired) electrons. The number of hydrogen-bond acceptors (Lipinski definition) is 4. The summed E-state index contributed by atoms with van der Waals surface area (Å²) in [6.07, 6.45) is 0. The molecule has 1 spiro atoms. The molecule has 1 atom stereocenters. The van der Waals surface area contributed by atoms with Crippen molar-refractivity contribution in [2.24, 2.45) is 0 Å². The summed E-state index contributed by atoms with van der Waals surface area (Å²) in [5, 5.41) is 0. The number of hydrogen-bond donors (Lipinski definition) is 0. The Bertz CT molecular complexity index is 1960. The van der Waals surface area contributed by atoms with Crippen LogP contribution in [0.5, 0.6) is 0 Å². The highest BCUT2D eigenvalue weighted by molar-refractivity contribution is 8.05. The van der Waals surface area contributed by atoms with Gasteiger partial charge in [-0.15, -0.1) is 0 Å². The van der Waals surface area contributed by atoms with Gasteiger partial charge in [-0.3, -0.25) is 0 Å². The van der Waals surface area contributed by atoms with Crippen LogP contribution >= 0.6 is 23.5 Å². The van der Waals surface area contributed by atoms with E-state index in [-0.39, 0.29) is 0 Å². The first-order chi connectivity index (χ1) is 20.3. The van der Waals surface area contributed by atoms with E-state index >= 15 is 0 Å². The summed E-state index contributed by atoms with van der Waals surface area (Å²) in [6.45, 7) is 8.52. The van der Waals surface area contributed by atoms with Crippen molar-refractivity contribution in [1.82, 2.24) is 0 Å². The third kappa shape index (κ3) is 3.07. The fraction of sp³-hybridized carbons (Fsp3) is 0.189. The minimum Gasteiger partial charge on any atom is -0.399 e. The summed E-state index contributed by atoms with van der Waals surface area (Å²) in [4.78, 5) is 5.37. The average molecular weight is 581 g/mol. The van der Waals surface area contributed by atoms with Gasteiger partial charge < -0.3 is 9.31 Å². The lowest BCUT2D eigenvalue weighted by molar-refractivity contribution is 0.00578. The van der Waals surface area contributed by atoms with Crippen molar-refractivity contribution in [3.8, 4) is 22.3 Å². The Morgan fingerprint density at radius 1 is 0.500 bits per heavy atom. The maximum Gasteiger partial charge on any atom is 0.495 e. The van der Waals surface area contributed by atoms with E-state index in [0.29, 0.717) is 0 Å². The normalized spacial score (nSPS) is 21.4. The zero-order valence-electron chi connectivity index (χ0n) is 24.0. The topological polar surface area (TPSA) is 18.5 Å². The SMILES string of the molecule is CC1(C)OB(c2cccc3c2-c2ccccc2C32c3ccccc3-c3c2ccc2c3Sc3ccccc3S2)OC1(C)C. The van der Waals surface area contributed by atoms with E-state index in [1.165, 1.54) is 64.1 Å². The minimum absolute atomic E-state index is 0.408. The minimum atomic E-state index is -0.434. The molecule has 5 heteroatoms. The lowest BCUT2D eigenvalue weighted by Crippen LogP contribution is -2.41. The Kier molecular flexibility index (Phi) is 5.09. The highest BCUT2D eigenvalue weighted by atomic mass is 32.2. The van der Waals surface area contributed by atoms with E-state index in [2.05, 4.69) is 131 Å². The van der Waals surface area contributed by atoms with Crippen LogP contribution in [0.15, 0.2) is 123 Å². The Morgan fingerprint density at radius 3 is 1.74 bits per heavy atom. The van der Waals surface area contributed by atoms with Crippen molar-refractivity contribution in [1.29, 1.82) is 0 Å². The highest BCUT2D eigenvalue weighted by Crippen LogP contribution is 2.65. The molecule has 0 N–H and O–H groups in total. The van der Waals surface area contributed by atoms with Gasteiger partial charge in [0.15, 0.2) is 0 Å². The molecule has 0 aromatic heterocycles. The Morgan fingerprint density at radius 2 is 1.05 bits per heavy atom. The molecular formula is C37H29BO2S2. The number of fused-ring (bicyclic) bond motifs is 13. The summed E-state index contributed by atoms with van der Waals surface area (Å²) in [5.41, 5.74) is 10.5. The molecule has 5 aromatic rings. The molecular weight excluding hydrogens is 551 g/mol. The van der Waals surface area contributed by atoms with Gasteiger partial charge >= 0.3 is 7.12 Å². The van der Waals surface area contributed by atoms with E-state index in [1.807, 2.05) is 23.5 Å². The van der Waals surface area contributed by atoms with Crippen LogP contribution in [0.3, 0.4) is 0 Å². The number of benzene rings is 5. The molecule has 0 amide bonds. The molecule has 0 bridgehead atoms. The van der Waals surface area contributed by atoms with Crippen molar-refractivity contribution in [3.05, 3.63) is 125 Å². The van der Waals surface area contributed by atoms with Crippen LogP contribution in [-0.4, -0.2) is 18.3 Å². The van der Waals surface area contributed by atoms with E-state index < -0.39 is 23.7 Å². The van der Waals surface area contributed by atoms with Gasteiger partial charge in [-0.1, -0.05) is 108 Å². The molecule has 2 aliphatic carbocycles. The monoisotopic (exact) mass is 580 g/mol. The van der Waals surface area contributed by atoms with Crippen LogP contribution in [0, 0.1) is 0 Å². The first kappa shape index (κ1) is 25.3. The fourth-order valence-corrected chi connectivity index (χ4v) is 9.86. The summed E-state index contributed by atoms with van der Waals surface area (Å²) in [6, 6.07) is 38.3. The van der Waals surface area contributed by atoms with Crippen molar-refractivity contribution in [2.75, 3.05) is 0 Å². The second kappa shape index (κ2) is 8.45. The van der Waals surface area contributed by atoms with Gasteiger partial charge in [-0.05, 0) is 90.3 Å². The molecule has 9 rings (SSSR count). The molecule has 1 fully saturated rings. The van der Waals surface area contributed by atoms with Crippen molar-refractivity contribution >= 4 is 36.1 Å². The molecule has 42 heavy (non-hydrogen) atoms. The first-order valence-corrected chi connectivity index (χ1v) is 16.3. The predicted octanol–water partition coefficient (Wildman–Crippen LogP) is 8.95. The number of rotatable bonds is 1. The third-order valence-corrected chi connectivity index (χ3v) is 12.6. The molecule has 1 saturated heterocycles. The molecule has 5 aromatic carbocycles. The Balaban J connectivity index is 1.34. The van der Waals surface area contributed by atoms with Gasteiger partial charge in [0, 0.05) is 25.1 Å². The predicted molar refractivity (Wildman–Crippen MR) is 173 cm³/mol. The van der Waals surface area contributed by atoms with Crippen molar-refractivity contribution < 1.29 is 9.31 Å². The van der Waals surface area contributed by atoms with Crippen LogP contribution < -0.4 is 5.46 Å². The summed E-state index contributed by atoms with van der Waals surface area (Å²) < 4.78 is 13.3. The quantitative estimate of drug-likeness (QED) is 0.180. The second-order valence-electron chi connectivity index (χ2n) is 12.7. The summed E-state index contributed by atoms with van der Waals surface area (Å²) in [7, 11) is -0.434. The van der Waals surface area contributed by atoms with Crippen LogP contribution in [-0.2, 0) is 14.7 Å². The van der Waals surface area contributed by atoms with Gasteiger partial charge in [0.1, 0.15) is 0 Å². The zero-order chi connectivity index (χ0) is 28.4. The molecule has 1 unspecified atom stereocenters. The third-order valence-electron chi connectivity index (χ3n) is 10.0. The fourth-order valence-electron chi connectivity index (χ4n) is 7.45. The molecule has 204 valence electrons. The summed E-state index contributed by atoms with van der Waals surface area (Å²) in [5.74, 6) is 0. The van der Waals surface area contributed by atoms with E-state index in [9.17, 15) is 0 Å². The maximum atomic E-state index is 6.66. The second-order valence-corrected chi connectivity index (χ2v) is 14.8. The standard InChI is InChI=1S/C37H29BO2S2/c1-35(2)36(3,4)40-38(39-35)28-17-11-16-26-32(28)22-12-5-7-14-24(22)37(26)25-15-8-6-13-23(25)33-27(37)20-21-31-34(33)42-30-19-10-9-18-29(30)41-31/h5-21H,1-4H3. The van der Waals surface area contributed by atoms with Gasteiger partial charge in [0.05, 0.1) is 16.6 Å². The smallest absolute Gasteiger partial charge is 0.399 e. The van der Waals surface area contributed by atoms with Crippen LogP contribution in [0.4, 0.5) is 0 Å². The maximum absolute atomic E-state index is 6.66. The average Bonchev–Trinajstić information content (AvgIpc) is 3.55. The first-order valence-electron chi connectivity index (χ1n) is 14.6. The van der Waals surface area contributed by atoms with Crippen LogP contribution in [0.2, 0.25) is 0 Å². The van der Waals surface area contributed by atoms with Gasteiger partial charge in [-0.2, -0.15) is 0 Å².